The number of aromatic nitrogens is 2. The van der Waals surface area contributed by atoms with E-state index in [1.807, 2.05) is 10.9 Å². The summed E-state index contributed by atoms with van der Waals surface area (Å²) in [4.78, 5) is 0. The summed E-state index contributed by atoms with van der Waals surface area (Å²) in [5, 5.41) is 7.23. The monoisotopic (exact) mass is 173 g/mol. The fraction of sp³-hybridized carbons (Fsp3) is 0.571. The van der Waals surface area contributed by atoms with E-state index in [0.717, 1.165) is 18.8 Å². The zero-order valence-corrected chi connectivity index (χ0v) is 7.30. The second kappa shape index (κ2) is 4.23. The van der Waals surface area contributed by atoms with Gasteiger partial charge in [0.2, 0.25) is 0 Å². The molecule has 0 aromatic carbocycles. The van der Waals surface area contributed by atoms with E-state index in [1.54, 1.807) is 6.20 Å². The molecule has 1 rings (SSSR count). The molecule has 0 saturated heterocycles. The number of hydrogen-bond donors (Lipinski definition) is 1. The molecule has 11 heavy (non-hydrogen) atoms. The Hall–Kier alpha value is -0.700. The fourth-order valence-corrected chi connectivity index (χ4v) is 0.914. The molecular formula is C7H12ClN3. The van der Waals surface area contributed by atoms with Gasteiger partial charge in [0.1, 0.15) is 0 Å². The normalized spacial score (nSPS) is 10.0. The number of anilines is 1. The molecule has 0 aliphatic carbocycles. The number of hydrogen-bond acceptors (Lipinski definition) is 2. The van der Waals surface area contributed by atoms with Crippen LogP contribution in [0.15, 0.2) is 12.4 Å². The molecule has 1 aromatic rings. The Bertz CT molecular complexity index is 209. The number of alkyl halides is 1. The molecule has 0 fully saturated rings. The lowest BCUT2D eigenvalue weighted by Crippen LogP contribution is -2.01. The molecule has 0 amide bonds. The third kappa shape index (κ3) is 2.42. The van der Waals surface area contributed by atoms with Crippen LogP contribution >= 0.6 is 11.6 Å². The van der Waals surface area contributed by atoms with Gasteiger partial charge < -0.3 is 5.32 Å². The van der Waals surface area contributed by atoms with Crippen LogP contribution in [-0.4, -0.2) is 22.2 Å². The summed E-state index contributed by atoms with van der Waals surface area (Å²) in [6.45, 7) is 3.75. The van der Waals surface area contributed by atoms with E-state index in [0.29, 0.717) is 5.88 Å². The van der Waals surface area contributed by atoms with Crippen molar-refractivity contribution >= 4 is 17.3 Å². The van der Waals surface area contributed by atoms with Crippen LogP contribution < -0.4 is 5.32 Å². The SMILES string of the molecule is CCn1cc(NCCCl)cn1. The largest absolute Gasteiger partial charge is 0.381 e. The quantitative estimate of drug-likeness (QED) is 0.701. The van der Waals surface area contributed by atoms with Gasteiger partial charge in [-0.3, -0.25) is 4.68 Å². The molecule has 0 spiro atoms. The smallest absolute Gasteiger partial charge is 0.0726 e. The summed E-state index contributed by atoms with van der Waals surface area (Å²) in [6, 6.07) is 0. The van der Waals surface area contributed by atoms with Gasteiger partial charge >= 0.3 is 0 Å². The van der Waals surface area contributed by atoms with Gasteiger partial charge in [0.05, 0.1) is 11.9 Å². The molecule has 0 radical (unpaired) electrons. The minimum absolute atomic E-state index is 0.622. The summed E-state index contributed by atoms with van der Waals surface area (Å²) < 4.78 is 1.87. The standard InChI is InChI=1S/C7H12ClN3/c1-2-11-6-7(5-10-11)9-4-3-8/h5-6,9H,2-4H2,1H3. The number of nitrogens with zero attached hydrogens (tertiary/aromatic N) is 2. The van der Waals surface area contributed by atoms with E-state index in [4.69, 9.17) is 11.6 Å². The topological polar surface area (TPSA) is 29.9 Å². The van der Waals surface area contributed by atoms with Crippen molar-refractivity contribution in [2.45, 2.75) is 13.5 Å². The molecule has 1 aromatic heterocycles. The van der Waals surface area contributed by atoms with E-state index in [9.17, 15) is 0 Å². The van der Waals surface area contributed by atoms with Gasteiger partial charge in [-0.25, -0.2) is 0 Å². The highest BCUT2D eigenvalue weighted by molar-refractivity contribution is 6.18. The number of aryl methyl sites for hydroxylation is 1. The summed E-state index contributed by atoms with van der Waals surface area (Å²) in [7, 11) is 0. The van der Waals surface area contributed by atoms with Crippen molar-refractivity contribution in [2.75, 3.05) is 17.7 Å². The minimum Gasteiger partial charge on any atom is -0.381 e. The van der Waals surface area contributed by atoms with Crippen molar-refractivity contribution in [1.82, 2.24) is 9.78 Å². The first-order valence-corrected chi connectivity index (χ1v) is 4.22. The first-order chi connectivity index (χ1) is 5.36. The van der Waals surface area contributed by atoms with Gasteiger partial charge in [0, 0.05) is 25.2 Å². The lowest BCUT2D eigenvalue weighted by atomic mass is 10.5. The minimum atomic E-state index is 0.622. The van der Waals surface area contributed by atoms with E-state index in [1.165, 1.54) is 0 Å². The predicted octanol–water partition coefficient (Wildman–Crippen LogP) is 1.55. The van der Waals surface area contributed by atoms with Gasteiger partial charge in [-0.1, -0.05) is 0 Å². The lowest BCUT2D eigenvalue weighted by molar-refractivity contribution is 0.660. The molecule has 1 N–H and O–H groups in total. The Morgan fingerprint density at radius 2 is 2.55 bits per heavy atom. The van der Waals surface area contributed by atoms with Crippen LogP contribution in [0, 0.1) is 0 Å². The summed E-state index contributed by atoms with van der Waals surface area (Å²) in [6.07, 6.45) is 3.77. The van der Waals surface area contributed by atoms with Crippen LogP contribution in [0.25, 0.3) is 0 Å². The zero-order valence-electron chi connectivity index (χ0n) is 6.55. The average molecular weight is 174 g/mol. The second-order valence-corrected chi connectivity index (χ2v) is 2.58. The Morgan fingerprint density at radius 1 is 1.73 bits per heavy atom. The molecule has 0 atom stereocenters. The number of rotatable bonds is 4. The van der Waals surface area contributed by atoms with Crippen molar-refractivity contribution in [3.8, 4) is 0 Å². The second-order valence-electron chi connectivity index (χ2n) is 2.20. The third-order valence-electron chi connectivity index (χ3n) is 1.38. The number of nitrogens with one attached hydrogen (secondary N) is 1. The van der Waals surface area contributed by atoms with Gasteiger partial charge in [-0.2, -0.15) is 5.10 Å². The summed E-state index contributed by atoms with van der Waals surface area (Å²) in [5.74, 6) is 0.622. The van der Waals surface area contributed by atoms with Gasteiger partial charge in [0.15, 0.2) is 0 Å². The Labute approximate surface area is 71.4 Å². The molecule has 0 bridgehead atoms. The number of halogens is 1. The summed E-state index contributed by atoms with van der Waals surface area (Å²) in [5.41, 5.74) is 1.03. The van der Waals surface area contributed by atoms with Gasteiger partial charge in [-0.05, 0) is 6.92 Å². The van der Waals surface area contributed by atoms with Crippen LogP contribution in [-0.2, 0) is 6.54 Å². The first-order valence-electron chi connectivity index (χ1n) is 3.69. The molecule has 3 nitrogen and oxygen atoms in total. The predicted molar refractivity (Wildman–Crippen MR) is 47.1 cm³/mol. The van der Waals surface area contributed by atoms with E-state index in [-0.39, 0.29) is 0 Å². The highest BCUT2D eigenvalue weighted by atomic mass is 35.5. The maximum Gasteiger partial charge on any atom is 0.0726 e. The van der Waals surface area contributed by atoms with Crippen LogP contribution in [0.3, 0.4) is 0 Å². The molecule has 0 unspecified atom stereocenters. The molecule has 0 aliphatic heterocycles. The van der Waals surface area contributed by atoms with Crippen LogP contribution in [0.5, 0.6) is 0 Å². The maximum atomic E-state index is 5.50. The van der Waals surface area contributed by atoms with E-state index < -0.39 is 0 Å². The first kappa shape index (κ1) is 8.40. The Morgan fingerprint density at radius 3 is 3.09 bits per heavy atom. The molecule has 4 heteroatoms. The third-order valence-corrected chi connectivity index (χ3v) is 1.57. The molecular weight excluding hydrogens is 162 g/mol. The Balaban J connectivity index is 2.44. The summed E-state index contributed by atoms with van der Waals surface area (Å²) >= 11 is 5.50. The van der Waals surface area contributed by atoms with Crippen LogP contribution in [0.2, 0.25) is 0 Å². The van der Waals surface area contributed by atoms with Crippen LogP contribution in [0.1, 0.15) is 6.92 Å². The molecule has 1 heterocycles. The van der Waals surface area contributed by atoms with Crippen molar-refractivity contribution in [2.24, 2.45) is 0 Å². The van der Waals surface area contributed by atoms with Crippen molar-refractivity contribution in [3.05, 3.63) is 12.4 Å². The van der Waals surface area contributed by atoms with E-state index >= 15 is 0 Å². The van der Waals surface area contributed by atoms with Crippen molar-refractivity contribution in [3.63, 3.8) is 0 Å². The van der Waals surface area contributed by atoms with Crippen molar-refractivity contribution in [1.29, 1.82) is 0 Å². The average Bonchev–Trinajstić information content (AvgIpc) is 2.48. The Kier molecular flexibility index (Phi) is 3.23. The highest BCUT2D eigenvalue weighted by Gasteiger charge is 1.93. The molecule has 0 saturated carbocycles. The van der Waals surface area contributed by atoms with Gasteiger partial charge in [-0.15, -0.1) is 11.6 Å². The highest BCUT2D eigenvalue weighted by Crippen LogP contribution is 2.03. The zero-order chi connectivity index (χ0) is 8.10. The van der Waals surface area contributed by atoms with Crippen LogP contribution in [0.4, 0.5) is 5.69 Å². The fourth-order valence-electron chi connectivity index (χ4n) is 0.819. The molecule has 0 aliphatic rings. The van der Waals surface area contributed by atoms with Crippen molar-refractivity contribution < 1.29 is 0 Å². The maximum absolute atomic E-state index is 5.50. The molecule has 62 valence electrons. The van der Waals surface area contributed by atoms with E-state index in [2.05, 4.69) is 17.3 Å². The lowest BCUT2D eigenvalue weighted by Gasteiger charge is -1.97. The van der Waals surface area contributed by atoms with Gasteiger partial charge in [0.25, 0.3) is 0 Å².